The lowest BCUT2D eigenvalue weighted by Crippen LogP contribution is -2.26. The van der Waals surface area contributed by atoms with E-state index in [1.165, 1.54) is 50.0 Å². The summed E-state index contributed by atoms with van der Waals surface area (Å²) in [5, 5.41) is 9.32. The summed E-state index contributed by atoms with van der Waals surface area (Å²) in [7, 11) is 0. The standard InChI is InChI=1S/C12H17ClN2S/c13-12-15-14-11(16-12)10-6-5-8-3-1-2-4-9(8)7-10/h8-10H,1-7H2. The molecule has 2 fully saturated rings. The van der Waals surface area contributed by atoms with Gasteiger partial charge >= 0.3 is 0 Å². The maximum atomic E-state index is 5.86. The van der Waals surface area contributed by atoms with Gasteiger partial charge < -0.3 is 0 Å². The van der Waals surface area contributed by atoms with E-state index in [9.17, 15) is 0 Å². The van der Waals surface area contributed by atoms with Crippen molar-refractivity contribution in [2.75, 3.05) is 0 Å². The van der Waals surface area contributed by atoms with E-state index in [-0.39, 0.29) is 0 Å². The average molecular weight is 257 g/mol. The van der Waals surface area contributed by atoms with Crippen LogP contribution in [0.2, 0.25) is 4.47 Å². The van der Waals surface area contributed by atoms with E-state index in [4.69, 9.17) is 11.6 Å². The van der Waals surface area contributed by atoms with Gasteiger partial charge in [-0.2, -0.15) is 0 Å². The first kappa shape index (κ1) is 11.0. The number of fused-ring (bicyclic) bond motifs is 1. The molecule has 1 aromatic rings. The molecule has 88 valence electrons. The van der Waals surface area contributed by atoms with Crippen LogP contribution < -0.4 is 0 Å². The molecular formula is C12H17ClN2S. The highest BCUT2D eigenvalue weighted by molar-refractivity contribution is 7.15. The third kappa shape index (κ3) is 2.12. The van der Waals surface area contributed by atoms with Gasteiger partial charge in [0, 0.05) is 5.92 Å². The van der Waals surface area contributed by atoms with Crippen LogP contribution in [-0.2, 0) is 0 Å². The molecule has 1 aromatic heterocycles. The van der Waals surface area contributed by atoms with Crippen molar-refractivity contribution in [1.82, 2.24) is 10.2 Å². The fourth-order valence-corrected chi connectivity index (χ4v) is 4.47. The van der Waals surface area contributed by atoms with Crippen LogP contribution in [0.25, 0.3) is 0 Å². The first-order valence-corrected chi connectivity index (χ1v) is 7.51. The fraction of sp³-hybridized carbons (Fsp3) is 0.833. The summed E-state index contributed by atoms with van der Waals surface area (Å²) in [5.41, 5.74) is 0. The lowest BCUT2D eigenvalue weighted by atomic mass is 9.68. The zero-order chi connectivity index (χ0) is 11.0. The molecule has 2 saturated carbocycles. The molecule has 0 spiro atoms. The van der Waals surface area contributed by atoms with Gasteiger partial charge in [0.15, 0.2) is 0 Å². The molecule has 16 heavy (non-hydrogen) atoms. The number of nitrogens with zero attached hydrogens (tertiary/aromatic N) is 2. The molecule has 3 unspecified atom stereocenters. The molecule has 3 atom stereocenters. The number of rotatable bonds is 1. The summed E-state index contributed by atoms with van der Waals surface area (Å²) in [6, 6.07) is 0. The van der Waals surface area contributed by atoms with Crippen molar-refractivity contribution in [3.8, 4) is 0 Å². The SMILES string of the molecule is Clc1nnc(C2CCC3CCCCC3C2)s1. The Balaban J connectivity index is 1.70. The zero-order valence-electron chi connectivity index (χ0n) is 9.36. The topological polar surface area (TPSA) is 25.8 Å². The zero-order valence-corrected chi connectivity index (χ0v) is 10.9. The van der Waals surface area contributed by atoms with E-state index >= 15 is 0 Å². The van der Waals surface area contributed by atoms with E-state index in [1.54, 1.807) is 11.3 Å². The molecule has 0 bridgehead atoms. The van der Waals surface area contributed by atoms with Crippen LogP contribution in [0, 0.1) is 11.8 Å². The maximum absolute atomic E-state index is 5.86. The Labute approximate surface area is 105 Å². The van der Waals surface area contributed by atoms with Crippen LogP contribution in [0.15, 0.2) is 0 Å². The average Bonchev–Trinajstić information content (AvgIpc) is 2.75. The van der Waals surface area contributed by atoms with Gasteiger partial charge in [-0.25, -0.2) is 0 Å². The second-order valence-corrected chi connectivity index (χ2v) is 6.80. The van der Waals surface area contributed by atoms with Gasteiger partial charge in [0.1, 0.15) is 5.01 Å². The minimum Gasteiger partial charge on any atom is -0.142 e. The van der Waals surface area contributed by atoms with Gasteiger partial charge in [-0.3, -0.25) is 0 Å². The molecule has 0 aromatic carbocycles. The molecular weight excluding hydrogens is 240 g/mol. The predicted octanol–water partition coefficient (Wildman–Crippen LogP) is 4.27. The monoisotopic (exact) mass is 256 g/mol. The van der Waals surface area contributed by atoms with Crippen LogP contribution in [0.1, 0.15) is 55.9 Å². The van der Waals surface area contributed by atoms with Gasteiger partial charge in [-0.1, -0.05) is 37.0 Å². The molecule has 0 amide bonds. The van der Waals surface area contributed by atoms with Crippen molar-refractivity contribution >= 4 is 22.9 Å². The Bertz CT molecular complexity index is 366. The Hall–Kier alpha value is -0.150. The fourth-order valence-electron chi connectivity index (χ4n) is 3.48. The molecule has 0 radical (unpaired) electrons. The van der Waals surface area contributed by atoms with Gasteiger partial charge in [0.05, 0.1) is 0 Å². The lowest BCUT2D eigenvalue weighted by Gasteiger charge is -2.38. The predicted molar refractivity (Wildman–Crippen MR) is 67.0 cm³/mol. The van der Waals surface area contributed by atoms with E-state index in [2.05, 4.69) is 10.2 Å². The summed E-state index contributed by atoms with van der Waals surface area (Å²) < 4.78 is 0.598. The molecule has 0 aliphatic heterocycles. The molecule has 0 saturated heterocycles. The highest BCUT2D eigenvalue weighted by Crippen LogP contribution is 2.46. The van der Waals surface area contributed by atoms with Crippen LogP contribution >= 0.6 is 22.9 Å². The van der Waals surface area contributed by atoms with Crippen LogP contribution in [-0.4, -0.2) is 10.2 Å². The summed E-state index contributed by atoms with van der Waals surface area (Å²) in [4.78, 5) is 0. The number of hydrogen-bond donors (Lipinski definition) is 0. The van der Waals surface area contributed by atoms with E-state index in [0.717, 1.165) is 11.8 Å². The summed E-state index contributed by atoms with van der Waals surface area (Å²) in [5.74, 6) is 2.60. The molecule has 2 nitrogen and oxygen atoms in total. The van der Waals surface area contributed by atoms with E-state index in [1.807, 2.05) is 0 Å². The molecule has 2 aliphatic rings. The second kappa shape index (κ2) is 4.61. The summed E-state index contributed by atoms with van der Waals surface area (Å²) in [6.07, 6.45) is 9.82. The number of aromatic nitrogens is 2. The van der Waals surface area contributed by atoms with Crippen molar-refractivity contribution in [3.05, 3.63) is 9.47 Å². The molecule has 2 aliphatic carbocycles. The van der Waals surface area contributed by atoms with Crippen molar-refractivity contribution in [3.63, 3.8) is 0 Å². The Morgan fingerprint density at radius 3 is 2.56 bits per heavy atom. The Kier molecular flexibility index (Phi) is 3.16. The first-order chi connectivity index (χ1) is 7.83. The highest BCUT2D eigenvalue weighted by Gasteiger charge is 2.33. The van der Waals surface area contributed by atoms with Crippen molar-refractivity contribution < 1.29 is 0 Å². The smallest absolute Gasteiger partial charge is 0.142 e. The van der Waals surface area contributed by atoms with Crippen LogP contribution in [0.5, 0.6) is 0 Å². The van der Waals surface area contributed by atoms with Crippen molar-refractivity contribution in [2.24, 2.45) is 11.8 Å². The van der Waals surface area contributed by atoms with Crippen molar-refractivity contribution in [2.45, 2.75) is 50.9 Å². The summed E-state index contributed by atoms with van der Waals surface area (Å²) >= 11 is 7.44. The van der Waals surface area contributed by atoms with Gasteiger partial charge in [-0.15, -0.1) is 10.2 Å². The Morgan fingerprint density at radius 2 is 1.81 bits per heavy atom. The quantitative estimate of drug-likeness (QED) is 0.750. The molecule has 3 rings (SSSR count). The van der Waals surface area contributed by atoms with Gasteiger partial charge in [0.2, 0.25) is 4.47 Å². The number of halogens is 1. The van der Waals surface area contributed by atoms with Gasteiger partial charge in [-0.05, 0) is 42.7 Å². The minimum absolute atomic E-state index is 0.598. The van der Waals surface area contributed by atoms with Crippen LogP contribution in [0.4, 0.5) is 0 Å². The van der Waals surface area contributed by atoms with Crippen LogP contribution in [0.3, 0.4) is 0 Å². The molecule has 1 heterocycles. The Morgan fingerprint density at radius 1 is 1.00 bits per heavy atom. The van der Waals surface area contributed by atoms with Gasteiger partial charge in [0.25, 0.3) is 0 Å². The first-order valence-electron chi connectivity index (χ1n) is 6.32. The van der Waals surface area contributed by atoms with Crippen molar-refractivity contribution in [1.29, 1.82) is 0 Å². The third-order valence-corrected chi connectivity index (χ3v) is 5.49. The third-order valence-electron chi connectivity index (χ3n) is 4.30. The second-order valence-electron chi connectivity index (χ2n) is 5.21. The normalized spacial score (nSPS) is 34.7. The maximum Gasteiger partial charge on any atom is 0.207 e. The lowest BCUT2D eigenvalue weighted by molar-refractivity contribution is 0.155. The molecule has 4 heteroatoms. The largest absolute Gasteiger partial charge is 0.207 e. The minimum atomic E-state index is 0.598. The van der Waals surface area contributed by atoms with E-state index in [0.29, 0.717) is 10.4 Å². The molecule has 0 N–H and O–H groups in total. The van der Waals surface area contributed by atoms with E-state index < -0.39 is 0 Å². The highest BCUT2D eigenvalue weighted by atomic mass is 35.5. The number of hydrogen-bond acceptors (Lipinski definition) is 3. The summed E-state index contributed by atoms with van der Waals surface area (Å²) in [6.45, 7) is 0.